The van der Waals surface area contributed by atoms with Crippen molar-refractivity contribution in [2.24, 2.45) is 0 Å². The molecule has 0 unspecified atom stereocenters. The minimum Gasteiger partial charge on any atom is -0.463 e. The lowest BCUT2D eigenvalue weighted by atomic mass is 10.0. The van der Waals surface area contributed by atoms with E-state index in [1.165, 1.54) is 0 Å². The Hall–Kier alpha value is -3.66. The van der Waals surface area contributed by atoms with Gasteiger partial charge in [-0.25, -0.2) is 0 Å². The highest BCUT2D eigenvalue weighted by Crippen LogP contribution is 2.19. The normalized spacial score (nSPS) is 10.5. The van der Waals surface area contributed by atoms with E-state index in [1.54, 1.807) is 12.5 Å². The van der Waals surface area contributed by atoms with E-state index in [0.29, 0.717) is 12.1 Å². The Morgan fingerprint density at radius 3 is 2.30 bits per heavy atom. The van der Waals surface area contributed by atoms with E-state index in [9.17, 15) is 4.79 Å². The van der Waals surface area contributed by atoms with Crippen molar-refractivity contribution in [1.82, 2.24) is 10.3 Å². The number of rotatable bonds is 5. The molecule has 0 spiro atoms. The second kappa shape index (κ2) is 7.70. The second-order valence-corrected chi connectivity index (χ2v) is 6.16. The number of carbonyl (C=O) groups excluding carboxylic acids is 1. The smallest absolute Gasteiger partial charge is 0.251 e. The van der Waals surface area contributed by atoms with E-state index in [0.717, 1.165) is 28.1 Å². The van der Waals surface area contributed by atoms with Crippen LogP contribution in [0.25, 0.3) is 22.6 Å². The first-order chi connectivity index (χ1) is 13.3. The largest absolute Gasteiger partial charge is 0.463 e. The molecule has 2 heterocycles. The molecule has 0 atom stereocenters. The van der Waals surface area contributed by atoms with Gasteiger partial charge < -0.3 is 9.73 Å². The van der Waals surface area contributed by atoms with Crippen LogP contribution in [-0.2, 0) is 6.54 Å². The van der Waals surface area contributed by atoms with E-state index in [4.69, 9.17) is 4.42 Å². The van der Waals surface area contributed by atoms with Gasteiger partial charge in [-0.05, 0) is 47.0 Å². The molecule has 0 fully saturated rings. The van der Waals surface area contributed by atoms with Crippen molar-refractivity contribution in [2.75, 3.05) is 0 Å². The summed E-state index contributed by atoms with van der Waals surface area (Å²) in [5.74, 6) is 0.619. The van der Waals surface area contributed by atoms with Gasteiger partial charge in [0.1, 0.15) is 5.69 Å². The van der Waals surface area contributed by atoms with Crippen molar-refractivity contribution in [3.05, 3.63) is 102 Å². The lowest BCUT2D eigenvalue weighted by molar-refractivity contribution is 0.0951. The average molecular weight is 354 g/mol. The molecule has 2 aromatic heterocycles. The summed E-state index contributed by atoms with van der Waals surface area (Å²) < 4.78 is 5.32. The van der Waals surface area contributed by atoms with Gasteiger partial charge in [0.05, 0.1) is 6.26 Å². The van der Waals surface area contributed by atoms with Crippen molar-refractivity contribution >= 4 is 5.91 Å². The molecule has 0 saturated heterocycles. The van der Waals surface area contributed by atoms with Crippen LogP contribution in [0.5, 0.6) is 0 Å². The maximum Gasteiger partial charge on any atom is 0.251 e. The minimum atomic E-state index is -0.107. The van der Waals surface area contributed by atoms with Gasteiger partial charge in [0.25, 0.3) is 5.91 Å². The molecular weight excluding hydrogens is 336 g/mol. The molecule has 132 valence electrons. The number of hydrogen-bond donors (Lipinski definition) is 1. The number of amides is 1. The molecule has 4 heteroatoms. The number of furan rings is 1. The van der Waals surface area contributed by atoms with Gasteiger partial charge in [-0.1, -0.05) is 48.5 Å². The predicted molar refractivity (Wildman–Crippen MR) is 105 cm³/mol. The third kappa shape index (κ3) is 3.96. The molecule has 4 aromatic rings. The number of nitrogens with one attached hydrogen (secondary N) is 1. The molecule has 2 aromatic carbocycles. The average Bonchev–Trinajstić information content (AvgIpc) is 3.28. The fraction of sp³-hybridized carbons (Fsp3) is 0.0435. The summed E-state index contributed by atoms with van der Waals surface area (Å²) in [6.45, 7) is 0.421. The molecule has 1 N–H and O–H groups in total. The molecule has 4 nitrogen and oxygen atoms in total. The van der Waals surface area contributed by atoms with Crippen molar-refractivity contribution < 1.29 is 9.21 Å². The third-order valence-corrected chi connectivity index (χ3v) is 4.31. The Balaban J connectivity index is 1.38. The summed E-state index contributed by atoms with van der Waals surface area (Å²) in [5, 5.41) is 2.93. The van der Waals surface area contributed by atoms with Crippen LogP contribution in [0, 0.1) is 0 Å². The van der Waals surface area contributed by atoms with Gasteiger partial charge in [0, 0.05) is 18.3 Å². The second-order valence-electron chi connectivity index (χ2n) is 6.16. The summed E-state index contributed by atoms with van der Waals surface area (Å²) in [7, 11) is 0. The SMILES string of the molecule is O=C(NCc1ccc(-c2ccco2)nc1)c1ccc(-c2ccccc2)cc1. The predicted octanol–water partition coefficient (Wildman–Crippen LogP) is 4.94. The van der Waals surface area contributed by atoms with Crippen molar-refractivity contribution in [3.8, 4) is 22.6 Å². The summed E-state index contributed by atoms with van der Waals surface area (Å²) >= 11 is 0. The summed E-state index contributed by atoms with van der Waals surface area (Å²) in [6, 6.07) is 25.2. The first-order valence-corrected chi connectivity index (χ1v) is 8.72. The van der Waals surface area contributed by atoms with Crippen LogP contribution >= 0.6 is 0 Å². The number of nitrogens with zero attached hydrogens (tertiary/aromatic N) is 1. The number of hydrogen-bond acceptors (Lipinski definition) is 3. The maximum absolute atomic E-state index is 12.4. The van der Waals surface area contributed by atoms with Crippen LogP contribution < -0.4 is 5.32 Å². The van der Waals surface area contributed by atoms with Gasteiger partial charge in [0.15, 0.2) is 5.76 Å². The summed E-state index contributed by atoms with van der Waals surface area (Å²) in [6.07, 6.45) is 3.37. The molecular formula is C23H18N2O2. The van der Waals surface area contributed by atoms with Gasteiger partial charge in [-0.2, -0.15) is 0 Å². The van der Waals surface area contributed by atoms with Crippen LogP contribution in [0.1, 0.15) is 15.9 Å². The van der Waals surface area contributed by atoms with E-state index >= 15 is 0 Å². The van der Waals surface area contributed by atoms with Gasteiger partial charge in [-0.3, -0.25) is 9.78 Å². The number of pyridine rings is 1. The third-order valence-electron chi connectivity index (χ3n) is 4.31. The van der Waals surface area contributed by atoms with E-state index < -0.39 is 0 Å². The highest BCUT2D eigenvalue weighted by atomic mass is 16.3. The zero-order valence-corrected chi connectivity index (χ0v) is 14.6. The number of benzene rings is 2. The summed E-state index contributed by atoms with van der Waals surface area (Å²) in [4.78, 5) is 16.7. The molecule has 0 radical (unpaired) electrons. The first-order valence-electron chi connectivity index (χ1n) is 8.72. The number of aromatic nitrogens is 1. The lowest BCUT2D eigenvalue weighted by Crippen LogP contribution is -2.22. The molecule has 4 rings (SSSR count). The molecule has 0 aliphatic rings. The zero-order valence-electron chi connectivity index (χ0n) is 14.6. The standard InChI is InChI=1S/C23H18N2O2/c26-23(20-11-9-19(10-12-20)18-5-2-1-3-6-18)25-16-17-8-13-21(24-15-17)22-7-4-14-27-22/h1-15H,16H2,(H,25,26). The zero-order chi connectivity index (χ0) is 18.5. The fourth-order valence-electron chi connectivity index (χ4n) is 2.83. The lowest BCUT2D eigenvalue weighted by Gasteiger charge is -2.07. The molecule has 1 amide bonds. The molecule has 0 saturated carbocycles. The Bertz CT molecular complexity index is 1010. The molecule has 0 bridgehead atoms. The monoisotopic (exact) mass is 354 g/mol. The van der Waals surface area contributed by atoms with Crippen molar-refractivity contribution in [3.63, 3.8) is 0 Å². The van der Waals surface area contributed by atoms with Crippen LogP contribution in [0.2, 0.25) is 0 Å². The van der Waals surface area contributed by atoms with Crippen molar-refractivity contribution in [2.45, 2.75) is 6.54 Å². The highest BCUT2D eigenvalue weighted by Gasteiger charge is 2.07. The minimum absolute atomic E-state index is 0.107. The Morgan fingerprint density at radius 1 is 0.852 bits per heavy atom. The van der Waals surface area contributed by atoms with Crippen LogP contribution in [0.3, 0.4) is 0 Å². The van der Waals surface area contributed by atoms with Crippen LogP contribution in [0.4, 0.5) is 0 Å². The highest BCUT2D eigenvalue weighted by molar-refractivity contribution is 5.94. The number of carbonyl (C=O) groups is 1. The van der Waals surface area contributed by atoms with E-state index in [1.807, 2.05) is 66.7 Å². The van der Waals surface area contributed by atoms with E-state index in [2.05, 4.69) is 22.4 Å². The maximum atomic E-state index is 12.4. The van der Waals surface area contributed by atoms with Gasteiger partial charge in [0.2, 0.25) is 0 Å². The fourth-order valence-corrected chi connectivity index (χ4v) is 2.83. The molecule has 0 aliphatic carbocycles. The Kier molecular flexibility index (Phi) is 4.79. The van der Waals surface area contributed by atoms with Crippen molar-refractivity contribution in [1.29, 1.82) is 0 Å². The Morgan fingerprint density at radius 2 is 1.63 bits per heavy atom. The molecule has 0 aliphatic heterocycles. The van der Waals surface area contributed by atoms with E-state index in [-0.39, 0.29) is 5.91 Å². The van der Waals surface area contributed by atoms with Crippen LogP contribution in [0.15, 0.2) is 95.7 Å². The quantitative estimate of drug-likeness (QED) is 0.552. The van der Waals surface area contributed by atoms with Gasteiger partial charge in [-0.15, -0.1) is 0 Å². The van der Waals surface area contributed by atoms with Crippen LogP contribution in [-0.4, -0.2) is 10.9 Å². The first kappa shape index (κ1) is 16.8. The summed E-state index contributed by atoms with van der Waals surface area (Å²) in [5.41, 5.74) is 4.55. The topological polar surface area (TPSA) is 55.1 Å². The Labute approximate surface area is 157 Å². The van der Waals surface area contributed by atoms with Gasteiger partial charge >= 0.3 is 0 Å². The molecule has 27 heavy (non-hydrogen) atoms.